The van der Waals surface area contributed by atoms with Gasteiger partial charge in [0.25, 0.3) is 0 Å². The summed E-state index contributed by atoms with van der Waals surface area (Å²) in [4.78, 5) is 23.1. The third-order valence-electron chi connectivity index (χ3n) is 6.24. The molecule has 7 heteroatoms. The molecule has 0 unspecified atom stereocenters. The van der Waals surface area contributed by atoms with Crippen LogP contribution in [0.2, 0.25) is 0 Å². The van der Waals surface area contributed by atoms with E-state index in [2.05, 4.69) is 52.4 Å². The van der Waals surface area contributed by atoms with Gasteiger partial charge in [0.15, 0.2) is 0 Å². The van der Waals surface area contributed by atoms with Crippen LogP contribution >= 0.6 is 15.9 Å². The van der Waals surface area contributed by atoms with E-state index in [0.717, 1.165) is 40.2 Å². The molecule has 1 heterocycles. The number of carbonyl (C=O) groups is 2. The van der Waals surface area contributed by atoms with Crippen molar-refractivity contribution < 1.29 is 9.59 Å². The smallest absolute Gasteiger partial charge is 0.319 e. The summed E-state index contributed by atoms with van der Waals surface area (Å²) in [5.74, 6) is 1.21. The van der Waals surface area contributed by atoms with E-state index in [-0.39, 0.29) is 6.03 Å². The van der Waals surface area contributed by atoms with Gasteiger partial charge in [0, 0.05) is 28.2 Å². The Labute approximate surface area is 198 Å². The molecule has 0 saturated heterocycles. The Bertz CT molecular complexity index is 988. The molecule has 0 bridgehead atoms. The molecule has 170 valence electrons. The number of hydrazone groups is 1. The Kier molecular flexibility index (Phi) is 8.45. The second-order valence-electron chi connectivity index (χ2n) is 8.51. The molecule has 2 aromatic carbocycles. The highest BCUT2D eigenvalue weighted by Crippen LogP contribution is 2.33. The number of aryl methyl sites for hydroxylation is 1. The van der Waals surface area contributed by atoms with E-state index in [1.54, 1.807) is 4.90 Å². The van der Waals surface area contributed by atoms with E-state index in [9.17, 15) is 9.59 Å². The molecule has 6 nitrogen and oxygen atoms in total. The normalized spacial score (nSPS) is 16.3. The number of carbonyl (C=O) groups excluding carboxylic acids is 2. The van der Waals surface area contributed by atoms with E-state index in [1.165, 1.54) is 30.4 Å². The first-order valence-corrected chi connectivity index (χ1v) is 11.9. The molecule has 0 aromatic heterocycles. The molecule has 1 aliphatic heterocycles. The number of hydrogen-bond donors (Lipinski definition) is 2. The van der Waals surface area contributed by atoms with Crippen molar-refractivity contribution in [1.29, 1.82) is 0 Å². The number of urea groups is 1. The Balaban J connectivity index is 0.000000193. The zero-order valence-corrected chi connectivity index (χ0v) is 20.3. The number of nitrogens with two attached hydrogens (primary N) is 1. The molecular weight excluding hydrogens is 468 g/mol. The zero-order chi connectivity index (χ0) is 23.1. The maximum absolute atomic E-state index is 11.0. The fourth-order valence-corrected chi connectivity index (χ4v) is 4.74. The summed E-state index contributed by atoms with van der Waals surface area (Å²) in [5, 5.41) is 4.28. The lowest BCUT2D eigenvalue weighted by Crippen LogP contribution is -2.33. The molecule has 3 N–H and O–H groups in total. The Hall–Kier alpha value is -2.67. The van der Waals surface area contributed by atoms with Gasteiger partial charge in [-0.3, -0.25) is 9.69 Å². The molecule has 4 rings (SSSR count). The van der Waals surface area contributed by atoms with Gasteiger partial charge in [0.2, 0.25) is 6.41 Å². The number of nitrogens with one attached hydrogen (secondary N) is 1. The SMILES string of the molecule is Cc1ccccc1/C(=N\NC=O)[C@@H](C)CC1CCC1.NC(=O)N1CCc2cc(Br)ccc21. The maximum Gasteiger partial charge on any atom is 0.319 e. The average molecular weight is 499 g/mol. The summed E-state index contributed by atoms with van der Waals surface area (Å²) in [6.07, 6.45) is 6.72. The number of fused-ring (bicyclic) bond motifs is 1. The van der Waals surface area contributed by atoms with Gasteiger partial charge in [0.1, 0.15) is 0 Å². The van der Waals surface area contributed by atoms with Gasteiger partial charge < -0.3 is 5.73 Å². The topological polar surface area (TPSA) is 87.8 Å². The molecule has 0 spiro atoms. The molecule has 1 aliphatic carbocycles. The minimum atomic E-state index is -0.374. The van der Waals surface area contributed by atoms with Crippen molar-refractivity contribution in [3.05, 3.63) is 63.6 Å². The van der Waals surface area contributed by atoms with Gasteiger partial charge >= 0.3 is 6.03 Å². The predicted molar refractivity (Wildman–Crippen MR) is 133 cm³/mol. The lowest BCUT2D eigenvalue weighted by Gasteiger charge is -2.29. The number of halogens is 1. The van der Waals surface area contributed by atoms with E-state index >= 15 is 0 Å². The summed E-state index contributed by atoms with van der Waals surface area (Å²) in [6, 6.07) is 13.7. The van der Waals surface area contributed by atoms with Crippen LogP contribution in [0.1, 0.15) is 49.3 Å². The van der Waals surface area contributed by atoms with Crippen LogP contribution < -0.4 is 16.1 Å². The van der Waals surface area contributed by atoms with E-state index in [4.69, 9.17) is 5.73 Å². The number of hydrogen-bond acceptors (Lipinski definition) is 3. The van der Waals surface area contributed by atoms with Crippen molar-refractivity contribution in [2.75, 3.05) is 11.4 Å². The van der Waals surface area contributed by atoms with Crippen LogP contribution in [0.4, 0.5) is 10.5 Å². The highest BCUT2D eigenvalue weighted by molar-refractivity contribution is 9.10. The van der Waals surface area contributed by atoms with E-state index < -0.39 is 0 Å². The molecule has 1 atom stereocenters. The van der Waals surface area contributed by atoms with Crippen molar-refractivity contribution in [3.8, 4) is 0 Å². The van der Waals surface area contributed by atoms with Crippen LogP contribution in [0.25, 0.3) is 0 Å². The minimum Gasteiger partial charge on any atom is -0.351 e. The minimum absolute atomic E-state index is 0.374. The summed E-state index contributed by atoms with van der Waals surface area (Å²) >= 11 is 3.39. The van der Waals surface area contributed by atoms with Gasteiger partial charge in [-0.05, 0) is 55.0 Å². The molecule has 32 heavy (non-hydrogen) atoms. The van der Waals surface area contributed by atoms with Crippen LogP contribution in [-0.2, 0) is 11.2 Å². The van der Waals surface area contributed by atoms with Crippen molar-refractivity contribution in [1.82, 2.24) is 5.43 Å². The van der Waals surface area contributed by atoms with Crippen molar-refractivity contribution in [2.24, 2.45) is 22.7 Å². The summed E-state index contributed by atoms with van der Waals surface area (Å²) in [5.41, 5.74) is 13.2. The third-order valence-corrected chi connectivity index (χ3v) is 6.73. The van der Waals surface area contributed by atoms with Crippen molar-refractivity contribution >= 4 is 39.8 Å². The highest BCUT2D eigenvalue weighted by Gasteiger charge is 2.24. The predicted octanol–water partition coefficient (Wildman–Crippen LogP) is 5.16. The van der Waals surface area contributed by atoms with Crippen LogP contribution in [0.3, 0.4) is 0 Å². The van der Waals surface area contributed by atoms with Crippen LogP contribution in [-0.4, -0.2) is 24.7 Å². The van der Waals surface area contributed by atoms with E-state index in [0.29, 0.717) is 18.9 Å². The second-order valence-corrected chi connectivity index (χ2v) is 9.42. The Morgan fingerprint density at radius 3 is 2.69 bits per heavy atom. The Morgan fingerprint density at radius 2 is 2.06 bits per heavy atom. The lowest BCUT2D eigenvalue weighted by atomic mass is 9.77. The summed E-state index contributed by atoms with van der Waals surface area (Å²) in [7, 11) is 0. The molecule has 3 amide bonds. The standard InChI is InChI=1S/C16H22N2O.C9H9BrN2O/c1-12-6-3-4-9-15(12)16(18-17-11-19)13(2)10-14-7-5-8-14;10-7-1-2-8-6(5-7)3-4-12(8)9(11)13/h3-4,6,9,11,13-14H,5,7-8,10H2,1-2H3,(H,17,19);1-2,5H,3-4H2,(H2,11,13)/b18-16-;/t13-;/m0./s1. The monoisotopic (exact) mass is 498 g/mol. The number of benzene rings is 2. The quantitative estimate of drug-likeness (QED) is 0.327. The van der Waals surface area contributed by atoms with Crippen LogP contribution in [0.15, 0.2) is 52.0 Å². The van der Waals surface area contributed by atoms with Gasteiger partial charge in [-0.25, -0.2) is 10.2 Å². The Morgan fingerprint density at radius 1 is 1.31 bits per heavy atom. The molecule has 2 aliphatic rings. The first kappa shape index (κ1) is 24.0. The first-order valence-electron chi connectivity index (χ1n) is 11.1. The molecule has 1 saturated carbocycles. The first-order chi connectivity index (χ1) is 15.4. The zero-order valence-electron chi connectivity index (χ0n) is 18.7. The van der Waals surface area contributed by atoms with Gasteiger partial charge in [-0.2, -0.15) is 5.10 Å². The average Bonchev–Trinajstić information content (AvgIpc) is 3.16. The van der Waals surface area contributed by atoms with E-state index in [1.807, 2.05) is 30.3 Å². The largest absolute Gasteiger partial charge is 0.351 e. The fraction of sp³-hybridized carbons (Fsp3) is 0.400. The third kappa shape index (κ3) is 5.97. The number of anilines is 1. The maximum atomic E-state index is 11.0. The van der Waals surface area contributed by atoms with Gasteiger partial charge in [-0.15, -0.1) is 0 Å². The number of primary amides is 1. The summed E-state index contributed by atoms with van der Waals surface area (Å²) in [6.45, 7) is 4.99. The second kappa shape index (κ2) is 11.3. The number of amides is 3. The van der Waals surface area contributed by atoms with Crippen molar-refractivity contribution in [3.63, 3.8) is 0 Å². The summed E-state index contributed by atoms with van der Waals surface area (Å²) < 4.78 is 1.04. The van der Waals surface area contributed by atoms with Crippen LogP contribution in [0.5, 0.6) is 0 Å². The van der Waals surface area contributed by atoms with Gasteiger partial charge in [0.05, 0.1) is 5.71 Å². The number of rotatable bonds is 6. The lowest BCUT2D eigenvalue weighted by molar-refractivity contribution is -0.109. The molecular formula is C25H31BrN4O2. The number of nitrogens with zero attached hydrogens (tertiary/aromatic N) is 2. The van der Waals surface area contributed by atoms with Crippen LogP contribution in [0, 0.1) is 18.8 Å². The van der Waals surface area contributed by atoms with Crippen molar-refractivity contribution in [2.45, 2.75) is 46.0 Å². The highest BCUT2D eigenvalue weighted by atomic mass is 79.9. The molecule has 2 aromatic rings. The molecule has 1 fully saturated rings. The fourth-order valence-electron chi connectivity index (χ4n) is 4.33. The molecule has 0 radical (unpaired) electrons. The van der Waals surface area contributed by atoms with Gasteiger partial charge in [-0.1, -0.05) is 66.4 Å².